The zero-order valence-corrected chi connectivity index (χ0v) is 23.7. The Morgan fingerprint density at radius 1 is 0.800 bits per heavy atom. The van der Waals surface area contributed by atoms with E-state index in [9.17, 15) is 14.7 Å². The molecule has 3 aromatic carbocycles. The lowest BCUT2D eigenvalue weighted by Gasteiger charge is -2.27. The van der Waals surface area contributed by atoms with E-state index in [4.69, 9.17) is 30.5 Å². The van der Waals surface area contributed by atoms with Gasteiger partial charge in [-0.15, -0.1) is 0 Å². The van der Waals surface area contributed by atoms with Crippen LogP contribution in [0.5, 0.6) is 11.5 Å². The zero-order valence-electron chi connectivity index (χ0n) is 23.0. The molecular weight excluding hydrogens is 534 g/mol. The summed E-state index contributed by atoms with van der Waals surface area (Å²) in [5.41, 5.74) is 2.73. The van der Waals surface area contributed by atoms with Crippen molar-refractivity contribution in [2.75, 3.05) is 33.0 Å². The number of carbonyl (C=O) groups excluding carboxylic acids is 2. The molecule has 40 heavy (non-hydrogen) atoms. The van der Waals surface area contributed by atoms with Gasteiger partial charge in [0.05, 0.1) is 19.3 Å². The Labute approximate surface area is 240 Å². The molecule has 2 N–H and O–H groups in total. The standard InChI is InChI=1S/C31H36ClNO7/c1-4-37-29(35)19-39-26-13-9-22(10-14-26)31(21(3)33-18-28(34)24-7-6-8-25(32)17-24)23-11-15-27(16-12-23)40-20-30(36)38-5-2/h6-17,21,28,31,33-34H,4-5,18-20H2,1-3H3/t21?,28-/m0/s1. The normalized spacial score (nSPS) is 12.4. The van der Waals surface area contributed by atoms with Crippen LogP contribution < -0.4 is 14.8 Å². The topological polar surface area (TPSA) is 103 Å². The molecule has 0 bridgehead atoms. The second-order valence-electron chi connectivity index (χ2n) is 9.07. The summed E-state index contributed by atoms with van der Waals surface area (Å²) in [6.07, 6.45) is -0.737. The molecule has 0 fully saturated rings. The molecule has 8 nitrogen and oxygen atoms in total. The highest BCUT2D eigenvalue weighted by atomic mass is 35.5. The van der Waals surface area contributed by atoms with E-state index < -0.39 is 18.0 Å². The number of esters is 2. The molecule has 0 saturated heterocycles. The molecule has 1 unspecified atom stereocenters. The van der Waals surface area contributed by atoms with E-state index in [2.05, 4.69) is 5.32 Å². The van der Waals surface area contributed by atoms with Gasteiger partial charge in [0.15, 0.2) is 13.2 Å². The average Bonchev–Trinajstić information content (AvgIpc) is 2.95. The van der Waals surface area contributed by atoms with Gasteiger partial charge in [-0.25, -0.2) is 9.59 Å². The van der Waals surface area contributed by atoms with Crippen LogP contribution >= 0.6 is 11.6 Å². The van der Waals surface area contributed by atoms with Crippen molar-refractivity contribution in [2.24, 2.45) is 0 Å². The second kappa shape index (κ2) is 15.9. The fourth-order valence-corrected chi connectivity index (χ4v) is 4.45. The van der Waals surface area contributed by atoms with Crippen LogP contribution in [-0.4, -0.2) is 56.1 Å². The maximum atomic E-state index is 11.6. The highest BCUT2D eigenvalue weighted by molar-refractivity contribution is 6.30. The number of halogens is 1. The third kappa shape index (κ3) is 9.55. The summed E-state index contributed by atoms with van der Waals surface area (Å²) in [4.78, 5) is 23.3. The molecule has 2 atom stereocenters. The van der Waals surface area contributed by atoms with E-state index >= 15 is 0 Å². The van der Waals surface area contributed by atoms with E-state index in [1.807, 2.05) is 67.6 Å². The van der Waals surface area contributed by atoms with Crippen molar-refractivity contribution in [1.29, 1.82) is 0 Å². The fraction of sp³-hybridized carbons (Fsp3) is 0.355. The van der Waals surface area contributed by atoms with Gasteiger partial charge in [0, 0.05) is 23.5 Å². The smallest absolute Gasteiger partial charge is 0.344 e. The highest BCUT2D eigenvalue weighted by Gasteiger charge is 2.23. The first-order valence-electron chi connectivity index (χ1n) is 13.2. The van der Waals surface area contributed by atoms with E-state index in [0.29, 0.717) is 36.3 Å². The summed E-state index contributed by atoms with van der Waals surface area (Å²) in [6, 6.07) is 22.1. The van der Waals surface area contributed by atoms with Crippen LogP contribution in [0.2, 0.25) is 5.02 Å². The van der Waals surface area contributed by atoms with Crippen molar-refractivity contribution < 1.29 is 33.6 Å². The molecule has 0 aliphatic rings. The summed E-state index contributed by atoms with van der Waals surface area (Å²) in [5.74, 6) is 0.145. The van der Waals surface area contributed by atoms with Crippen LogP contribution in [0.3, 0.4) is 0 Å². The first-order valence-corrected chi connectivity index (χ1v) is 13.6. The molecule has 3 rings (SSSR count). The van der Waals surface area contributed by atoms with Crippen molar-refractivity contribution >= 4 is 23.5 Å². The Morgan fingerprint density at radius 2 is 1.30 bits per heavy atom. The Balaban J connectivity index is 1.76. The van der Waals surface area contributed by atoms with Crippen molar-refractivity contribution in [2.45, 2.75) is 38.8 Å². The molecule has 0 amide bonds. The fourth-order valence-electron chi connectivity index (χ4n) is 4.25. The van der Waals surface area contributed by atoms with Crippen LogP contribution in [0, 0.1) is 0 Å². The first kappa shape index (κ1) is 30.9. The molecule has 0 saturated carbocycles. The number of ether oxygens (including phenoxy) is 4. The van der Waals surface area contributed by atoms with E-state index in [1.165, 1.54) is 0 Å². The van der Waals surface area contributed by atoms with Gasteiger partial charge in [-0.2, -0.15) is 0 Å². The van der Waals surface area contributed by atoms with E-state index in [0.717, 1.165) is 16.7 Å². The maximum absolute atomic E-state index is 11.6. The van der Waals surface area contributed by atoms with Gasteiger partial charge >= 0.3 is 11.9 Å². The Morgan fingerprint density at radius 3 is 1.75 bits per heavy atom. The summed E-state index contributed by atoms with van der Waals surface area (Å²) in [7, 11) is 0. The number of benzene rings is 3. The predicted octanol–water partition coefficient (Wildman–Crippen LogP) is 5.07. The third-order valence-corrected chi connectivity index (χ3v) is 6.40. The molecule has 3 aromatic rings. The number of rotatable bonds is 15. The molecule has 0 spiro atoms. The molecule has 0 aliphatic heterocycles. The third-order valence-electron chi connectivity index (χ3n) is 6.17. The lowest BCUT2D eigenvalue weighted by molar-refractivity contribution is -0.146. The lowest BCUT2D eigenvalue weighted by atomic mass is 9.85. The summed E-state index contributed by atoms with van der Waals surface area (Å²) < 4.78 is 20.9. The van der Waals surface area contributed by atoms with Gasteiger partial charge in [-0.1, -0.05) is 48.0 Å². The Kier molecular flexibility index (Phi) is 12.3. The minimum Gasteiger partial charge on any atom is -0.482 e. The van der Waals surface area contributed by atoms with Crippen LogP contribution in [0.1, 0.15) is 49.5 Å². The lowest BCUT2D eigenvalue weighted by Crippen LogP contribution is -2.35. The van der Waals surface area contributed by atoms with Gasteiger partial charge in [-0.3, -0.25) is 0 Å². The number of hydrogen-bond acceptors (Lipinski definition) is 8. The van der Waals surface area contributed by atoms with Gasteiger partial charge < -0.3 is 29.4 Å². The van der Waals surface area contributed by atoms with Gasteiger partial charge in [0.2, 0.25) is 0 Å². The van der Waals surface area contributed by atoms with Crippen LogP contribution in [-0.2, 0) is 19.1 Å². The molecular formula is C31H36ClNO7. The summed E-state index contributed by atoms with van der Waals surface area (Å²) in [6.45, 7) is 6.13. The Bertz CT molecular complexity index is 1150. The van der Waals surface area contributed by atoms with E-state index in [1.54, 1.807) is 26.0 Å². The molecule has 0 aromatic heterocycles. The van der Waals surface area contributed by atoms with Gasteiger partial charge in [-0.05, 0) is 73.9 Å². The molecule has 0 aliphatic carbocycles. The number of nitrogens with one attached hydrogen (secondary N) is 1. The van der Waals surface area contributed by atoms with Crippen molar-refractivity contribution in [3.8, 4) is 11.5 Å². The largest absolute Gasteiger partial charge is 0.482 e. The molecule has 0 heterocycles. The Hall–Kier alpha value is -3.59. The van der Waals surface area contributed by atoms with Gasteiger partial charge in [0.1, 0.15) is 11.5 Å². The van der Waals surface area contributed by atoms with Crippen LogP contribution in [0.15, 0.2) is 72.8 Å². The molecule has 214 valence electrons. The summed E-state index contributed by atoms with van der Waals surface area (Å²) >= 11 is 6.10. The SMILES string of the molecule is CCOC(=O)COc1ccc(C(c2ccc(OCC(=O)OCC)cc2)C(C)NC[C@H](O)c2cccc(Cl)c2)cc1. The molecule has 9 heteroatoms. The second-order valence-corrected chi connectivity index (χ2v) is 9.51. The zero-order chi connectivity index (χ0) is 28.9. The molecule has 0 radical (unpaired) electrons. The first-order chi connectivity index (χ1) is 19.3. The van der Waals surface area contributed by atoms with Crippen molar-refractivity contribution in [1.82, 2.24) is 5.32 Å². The predicted molar refractivity (Wildman–Crippen MR) is 153 cm³/mol. The number of carbonyl (C=O) groups is 2. The van der Waals surface area contributed by atoms with Crippen LogP contribution in [0.4, 0.5) is 0 Å². The summed E-state index contributed by atoms with van der Waals surface area (Å²) in [5, 5.41) is 14.8. The monoisotopic (exact) mass is 569 g/mol. The minimum absolute atomic E-state index is 0.0913. The maximum Gasteiger partial charge on any atom is 0.344 e. The number of aliphatic hydroxyl groups is 1. The average molecular weight is 570 g/mol. The van der Waals surface area contributed by atoms with Crippen LogP contribution in [0.25, 0.3) is 0 Å². The van der Waals surface area contributed by atoms with Crippen molar-refractivity contribution in [3.05, 3.63) is 94.5 Å². The minimum atomic E-state index is -0.737. The number of aliphatic hydroxyl groups excluding tert-OH is 1. The van der Waals surface area contributed by atoms with E-state index in [-0.39, 0.29) is 25.2 Å². The number of hydrogen-bond donors (Lipinski definition) is 2. The quantitative estimate of drug-likeness (QED) is 0.245. The van der Waals surface area contributed by atoms with Gasteiger partial charge in [0.25, 0.3) is 0 Å². The van der Waals surface area contributed by atoms with Crippen molar-refractivity contribution in [3.63, 3.8) is 0 Å². The highest BCUT2D eigenvalue weighted by Crippen LogP contribution is 2.31.